The standard InChI is InChI=1S/C16H20N2O4S3/c1-12-8-14(24(19,20)16-5-4-13(11-17)23-16)10-15(9-12)25(21,22)18-6-2-3-7-18/h4-5,8-10H,2-3,6-7,11,17H2,1H3. The molecule has 0 bridgehead atoms. The third kappa shape index (κ3) is 3.52. The van der Waals surface area contributed by atoms with Gasteiger partial charge in [0.25, 0.3) is 0 Å². The second-order valence-electron chi connectivity index (χ2n) is 6.02. The van der Waals surface area contributed by atoms with Crippen molar-refractivity contribution in [1.82, 2.24) is 4.31 Å². The minimum Gasteiger partial charge on any atom is -0.326 e. The van der Waals surface area contributed by atoms with Crippen LogP contribution in [0, 0.1) is 6.92 Å². The lowest BCUT2D eigenvalue weighted by Gasteiger charge is -2.16. The Hall–Kier alpha value is -1.26. The summed E-state index contributed by atoms with van der Waals surface area (Å²) in [5.41, 5.74) is 6.14. The van der Waals surface area contributed by atoms with Gasteiger partial charge in [-0.2, -0.15) is 4.31 Å². The predicted octanol–water partition coefficient (Wildman–Crippen LogP) is 2.13. The third-order valence-electron chi connectivity index (χ3n) is 4.14. The van der Waals surface area contributed by atoms with Crippen molar-refractivity contribution in [3.05, 3.63) is 40.8 Å². The van der Waals surface area contributed by atoms with E-state index in [-0.39, 0.29) is 20.5 Å². The normalized spacial score (nSPS) is 16.4. The molecule has 0 unspecified atom stereocenters. The molecule has 0 aliphatic carbocycles. The monoisotopic (exact) mass is 400 g/mol. The van der Waals surface area contributed by atoms with E-state index < -0.39 is 19.9 Å². The number of nitrogens with two attached hydrogens (primary N) is 1. The number of rotatable bonds is 5. The molecule has 6 nitrogen and oxygen atoms in total. The van der Waals surface area contributed by atoms with Crippen molar-refractivity contribution in [1.29, 1.82) is 0 Å². The van der Waals surface area contributed by atoms with E-state index in [0.717, 1.165) is 29.1 Å². The van der Waals surface area contributed by atoms with E-state index in [1.54, 1.807) is 13.0 Å². The Morgan fingerprint density at radius 2 is 1.68 bits per heavy atom. The Morgan fingerprint density at radius 1 is 1.04 bits per heavy atom. The van der Waals surface area contributed by atoms with Crippen LogP contribution in [0.4, 0.5) is 0 Å². The minimum absolute atomic E-state index is 0.00399. The fraction of sp³-hybridized carbons (Fsp3) is 0.375. The summed E-state index contributed by atoms with van der Waals surface area (Å²) in [6.45, 7) is 2.91. The number of hydrogen-bond donors (Lipinski definition) is 1. The van der Waals surface area contributed by atoms with Gasteiger partial charge in [-0.15, -0.1) is 11.3 Å². The molecule has 2 heterocycles. The lowest BCUT2D eigenvalue weighted by atomic mass is 10.2. The second-order valence-corrected chi connectivity index (χ2v) is 11.3. The maximum absolute atomic E-state index is 12.9. The van der Waals surface area contributed by atoms with Crippen LogP contribution in [0.1, 0.15) is 23.3 Å². The molecule has 136 valence electrons. The molecule has 2 N–H and O–H groups in total. The second kappa shape index (κ2) is 6.81. The molecule has 1 aliphatic heterocycles. The molecule has 1 fully saturated rings. The molecular formula is C16H20N2O4S3. The molecule has 0 atom stereocenters. The number of sulfone groups is 1. The molecule has 0 spiro atoms. The van der Waals surface area contributed by atoms with Gasteiger partial charge in [0.15, 0.2) is 0 Å². The van der Waals surface area contributed by atoms with Crippen molar-refractivity contribution in [3.63, 3.8) is 0 Å². The Kier molecular flexibility index (Phi) is 5.04. The third-order valence-corrected chi connectivity index (χ3v) is 9.35. The lowest BCUT2D eigenvalue weighted by molar-refractivity contribution is 0.477. The molecule has 1 aliphatic rings. The maximum atomic E-state index is 12.9. The van der Waals surface area contributed by atoms with E-state index in [1.165, 1.54) is 28.6 Å². The van der Waals surface area contributed by atoms with Crippen LogP contribution >= 0.6 is 11.3 Å². The Bertz CT molecular complexity index is 988. The largest absolute Gasteiger partial charge is 0.326 e. The zero-order valence-electron chi connectivity index (χ0n) is 13.8. The van der Waals surface area contributed by atoms with Crippen LogP contribution < -0.4 is 5.73 Å². The summed E-state index contributed by atoms with van der Waals surface area (Å²) in [5.74, 6) is 0. The van der Waals surface area contributed by atoms with Crippen LogP contribution in [0.2, 0.25) is 0 Å². The molecule has 1 aromatic heterocycles. The van der Waals surface area contributed by atoms with E-state index >= 15 is 0 Å². The number of benzene rings is 1. The molecule has 1 aromatic carbocycles. The van der Waals surface area contributed by atoms with Gasteiger partial charge >= 0.3 is 0 Å². The molecule has 0 amide bonds. The lowest BCUT2D eigenvalue weighted by Crippen LogP contribution is -2.28. The summed E-state index contributed by atoms with van der Waals surface area (Å²) < 4.78 is 52.9. The predicted molar refractivity (Wildman–Crippen MR) is 96.8 cm³/mol. The maximum Gasteiger partial charge on any atom is 0.243 e. The summed E-state index contributed by atoms with van der Waals surface area (Å²) in [7, 11) is -7.45. The first-order valence-corrected chi connectivity index (χ1v) is 11.6. The van der Waals surface area contributed by atoms with Crippen LogP contribution in [0.15, 0.2) is 44.3 Å². The summed E-state index contributed by atoms with van der Waals surface area (Å²) >= 11 is 1.11. The van der Waals surface area contributed by atoms with Gasteiger partial charge in [-0.1, -0.05) is 0 Å². The van der Waals surface area contributed by atoms with E-state index in [9.17, 15) is 16.8 Å². The minimum atomic E-state index is -3.78. The number of aryl methyl sites for hydroxylation is 1. The van der Waals surface area contributed by atoms with Gasteiger partial charge in [0, 0.05) is 24.5 Å². The molecule has 25 heavy (non-hydrogen) atoms. The summed E-state index contributed by atoms with van der Waals surface area (Å²) in [5, 5.41) is 0. The molecular weight excluding hydrogens is 380 g/mol. The molecule has 2 aromatic rings. The zero-order chi connectivity index (χ0) is 18.2. The van der Waals surface area contributed by atoms with Crippen LogP contribution in [-0.4, -0.2) is 34.2 Å². The first kappa shape index (κ1) is 18.5. The van der Waals surface area contributed by atoms with E-state index in [1.807, 2.05) is 0 Å². The summed E-state index contributed by atoms with van der Waals surface area (Å²) in [6, 6.07) is 7.47. The Balaban J connectivity index is 2.07. The molecule has 3 rings (SSSR count). The van der Waals surface area contributed by atoms with Crippen molar-refractivity contribution < 1.29 is 16.8 Å². The van der Waals surface area contributed by atoms with Crippen LogP contribution in [0.5, 0.6) is 0 Å². The van der Waals surface area contributed by atoms with Gasteiger partial charge in [-0.3, -0.25) is 0 Å². The van der Waals surface area contributed by atoms with Gasteiger partial charge in [0.2, 0.25) is 19.9 Å². The van der Waals surface area contributed by atoms with Gasteiger partial charge in [0.05, 0.1) is 9.79 Å². The van der Waals surface area contributed by atoms with E-state index in [2.05, 4.69) is 0 Å². The zero-order valence-corrected chi connectivity index (χ0v) is 16.3. The highest BCUT2D eigenvalue weighted by atomic mass is 32.2. The number of hydrogen-bond acceptors (Lipinski definition) is 6. The first-order chi connectivity index (χ1) is 11.7. The average Bonchev–Trinajstić information content (AvgIpc) is 3.26. The summed E-state index contributed by atoms with van der Waals surface area (Å²) in [4.78, 5) is 0.787. The van der Waals surface area contributed by atoms with Gasteiger partial charge in [-0.05, 0) is 55.7 Å². The average molecular weight is 401 g/mol. The molecule has 0 radical (unpaired) electrons. The number of nitrogens with zero attached hydrogens (tertiary/aromatic N) is 1. The molecule has 9 heteroatoms. The van der Waals surface area contributed by atoms with Crippen LogP contribution in [0.25, 0.3) is 0 Å². The fourth-order valence-corrected chi connectivity index (χ4v) is 7.31. The topological polar surface area (TPSA) is 97.5 Å². The fourth-order valence-electron chi connectivity index (χ4n) is 2.82. The van der Waals surface area contributed by atoms with E-state index in [0.29, 0.717) is 18.7 Å². The number of thiophene rings is 1. The van der Waals surface area contributed by atoms with Crippen molar-refractivity contribution in [2.45, 2.75) is 40.3 Å². The molecule has 1 saturated heterocycles. The van der Waals surface area contributed by atoms with E-state index in [4.69, 9.17) is 5.73 Å². The van der Waals surface area contributed by atoms with Gasteiger partial charge in [0.1, 0.15) is 4.21 Å². The smallest absolute Gasteiger partial charge is 0.243 e. The highest BCUT2D eigenvalue weighted by Gasteiger charge is 2.29. The van der Waals surface area contributed by atoms with Gasteiger partial charge < -0.3 is 5.73 Å². The van der Waals surface area contributed by atoms with Gasteiger partial charge in [-0.25, -0.2) is 16.8 Å². The highest BCUT2D eigenvalue weighted by Crippen LogP contribution is 2.31. The Morgan fingerprint density at radius 3 is 2.28 bits per heavy atom. The highest BCUT2D eigenvalue weighted by molar-refractivity contribution is 7.93. The van der Waals surface area contributed by atoms with Crippen LogP contribution in [-0.2, 0) is 26.4 Å². The van der Waals surface area contributed by atoms with Crippen molar-refractivity contribution in [2.75, 3.05) is 13.1 Å². The SMILES string of the molecule is Cc1cc(S(=O)(=O)c2ccc(CN)s2)cc(S(=O)(=O)N2CCCC2)c1. The van der Waals surface area contributed by atoms with Crippen molar-refractivity contribution in [2.24, 2.45) is 5.73 Å². The quantitative estimate of drug-likeness (QED) is 0.829. The first-order valence-electron chi connectivity index (χ1n) is 7.91. The van der Waals surface area contributed by atoms with Crippen molar-refractivity contribution >= 4 is 31.2 Å². The Labute approximate surface area is 152 Å². The van der Waals surface area contributed by atoms with Crippen molar-refractivity contribution in [3.8, 4) is 0 Å². The summed E-state index contributed by atoms with van der Waals surface area (Å²) in [6.07, 6.45) is 1.65. The molecule has 0 saturated carbocycles. The van der Waals surface area contributed by atoms with Crippen LogP contribution in [0.3, 0.4) is 0 Å². The number of sulfonamides is 1.